The quantitative estimate of drug-likeness (QED) is 0.517. The van der Waals surface area contributed by atoms with Crippen LogP contribution < -0.4 is 0 Å². The van der Waals surface area contributed by atoms with Gasteiger partial charge in [0.15, 0.2) is 0 Å². The maximum absolute atomic E-state index is 2.35. The van der Waals surface area contributed by atoms with E-state index in [4.69, 9.17) is 0 Å². The summed E-state index contributed by atoms with van der Waals surface area (Å²) in [7, 11) is 0. The molecule has 0 heteroatoms. The van der Waals surface area contributed by atoms with Gasteiger partial charge < -0.3 is 0 Å². The molecule has 0 aliphatic carbocycles. The van der Waals surface area contributed by atoms with Crippen LogP contribution in [0.5, 0.6) is 0 Å². The van der Waals surface area contributed by atoms with E-state index < -0.39 is 0 Å². The molecule has 0 radical (unpaired) electrons. The zero-order chi connectivity index (χ0) is 20.0. The molecule has 0 saturated carbocycles. The Kier molecular flexibility index (Phi) is 8.60. The molecule has 0 amide bonds. The third-order valence-corrected chi connectivity index (χ3v) is 5.25. The minimum atomic E-state index is 0.637. The maximum Gasteiger partial charge on any atom is -0.0216 e. The molecule has 2 aromatic carbocycles. The second kappa shape index (κ2) is 9.95. The van der Waals surface area contributed by atoms with Crippen LogP contribution in [-0.4, -0.2) is 0 Å². The lowest BCUT2D eigenvalue weighted by molar-refractivity contribution is 0.817. The third kappa shape index (κ3) is 6.01. The first-order valence-electron chi connectivity index (χ1n) is 10.3. The van der Waals surface area contributed by atoms with Gasteiger partial charge in [0, 0.05) is 0 Å². The lowest BCUT2D eigenvalue weighted by atomic mass is 9.90. The molecule has 0 saturated heterocycles. The zero-order valence-corrected chi connectivity index (χ0v) is 18.8. The van der Waals surface area contributed by atoms with Crippen LogP contribution in [0.15, 0.2) is 36.4 Å². The minimum Gasteiger partial charge on any atom is -0.0617 e. The van der Waals surface area contributed by atoms with Crippen LogP contribution in [0.1, 0.15) is 112 Å². The standard InChI is InChI=1S/2C13H20/c1-9(2)12-7-6-11(5)13(8-12)10(3)4;1-9(2)12-7-6-8-13(10(3)4)11(12)5/h2*6-10H,1-5H3. The Labute approximate surface area is 163 Å². The summed E-state index contributed by atoms with van der Waals surface area (Å²) in [5.74, 6) is 2.55. The average Bonchev–Trinajstić information content (AvgIpc) is 2.55. The Bertz CT molecular complexity index is 653. The lowest BCUT2D eigenvalue weighted by Crippen LogP contribution is -1.98. The molecule has 0 heterocycles. The first-order chi connectivity index (χ1) is 12.1. The molecule has 26 heavy (non-hydrogen) atoms. The highest BCUT2D eigenvalue weighted by Crippen LogP contribution is 2.26. The van der Waals surface area contributed by atoms with Gasteiger partial charge in [0.1, 0.15) is 0 Å². The summed E-state index contributed by atoms with van der Waals surface area (Å²) in [6, 6.07) is 13.5. The third-order valence-electron chi connectivity index (χ3n) is 5.25. The molecule has 0 bridgehead atoms. The largest absolute Gasteiger partial charge is 0.0617 e. The number of aryl methyl sites for hydroxylation is 1. The van der Waals surface area contributed by atoms with E-state index in [1.54, 1.807) is 0 Å². The highest BCUT2D eigenvalue weighted by molar-refractivity contribution is 5.37. The molecule has 0 N–H and O–H groups in total. The van der Waals surface area contributed by atoms with E-state index in [2.05, 4.69) is 106 Å². The molecule has 144 valence electrons. The van der Waals surface area contributed by atoms with Crippen LogP contribution >= 0.6 is 0 Å². The van der Waals surface area contributed by atoms with Crippen LogP contribution in [0.25, 0.3) is 0 Å². The monoisotopic (exact) mass is 352 g/mol. The van der Waals surface area contributed by atoms with Gasteiger partial charge in [-0.15, -0.1) is 0 Å². The van der Waals surface area contributed by atoms with E-state index in [0.29, 0.717) is 23.7 Å². The Morgan fingerprint density at radius 2 is 1.00 bits per heavy atom. The predicted octanol–water partition coefficient (Wildman–Crippen LogP) is 8.48. The maximum atomic E-state index is 2.35. The second-order valence-electron chi connectivity index (χ2n) is 8.80. The van der Waals surface area contributed by atoms with Crippen molar-refractivity contribution < 1.29 is 0 Å². The van der Waals surface area contributed by atoms with Gasteiger partial charge in [-0.3, -0.25) is 0 Å². The summed E-state index contributed by atoms with van der Waals surface area (Å²) in [5, 5.41) is 0. The summed E-state index contributed by atoms with van der Waals surface area (Å²) in [4.78, 5) is 0. The highest BCUT2D eigenvalue weighted by Gasteiger charge is 2.09. The summed E-state index contributed by atoms with van der Waals surface area (Å²) < 4.78 is 0. The Morgan fingerprint density at radius 3 is 1.38 bits per heavy atom. The van der Waals surface area contributed by atoms with Crippen molar-refractivity contribution in [3.63, 3.8) is 0 Å². The van der Waals surface area contributed by atoms with Crippen molar-refractivity contribution >= 4 is 0 Å². The average molecular weight is 353 g/mol. The van der Waals surface area contributed by atoms with E-state index in [9.17, 15) is 0 Å². The van der Waals surface area contributed by atoms with E-state index in [0.717, 1.165) is 0 Å². The van der Waals surface area contributed by atoms with Crippen LogP contribution in [0.3, 0.4) is 0 Å². The van der Waals surface area contributed by atoms with E-state index in [1.165, 1.54) is 33.4 Å². The smallest absolute Gasteiger partial charge is 0.0216 e. The zero-order valence-electron chi connectivity index (χ0n) is 18.8. The number of rotatable bonds is 4. The van der Waals surface area contributed by atoms with Crippen LogP contribution in [0.2, 0.25) is 0 Å². The van der Waals surface area contributed by atoms with E-state index in [-0.39, 0.29) is 0 Å². The predicted molar refractivity (Wildman–Crippen MR) is 119 cm³/mol. The Balaban J connectivity index is 0.000000260. The molecule has 0 atom stereocenters. The molecule has 0 nitrogen and oxygen atoms in total. The van der Waals surface area contributed by atoms with Gasteiger partial charge in [-0.25, -0.2) is 0 Å². The highest BCUT2D eigenvalue weighted by atomic mass is 14.1. The molecule has 2 aromatic rings. The van der Waals surface area contributed by atoms with Crippen LogP contribution in [0, 0.1) is 13.8 Å². The second-order valence-corrected chi connectivity index (χ2v) is 8.80. The van der Waals surface area contributed by atoms with Gasteiger partial charge in [-0.2, -0.15) is 0 Å². The van der Waals surface area contributed by atoms with Crippen molar-refractivity contribution in [2.24, 2.45) is 0 Å². The number of hydrogen-bond acceptors (Lipinski definition) is 0. The van der Waals surface area contributed by atoms with Crippen LogP contribution in [0.4, 0.5) is 0 Å². The first-order valence-corrected chi connectivity index (χ1v) is 10.3. The van der Waals surface area contributed by atoms with Gasteiger partial charge in [0.25, 0.3) is 0 Å². The van der Waals surface area contributed by atoms with Gasteiger partial charge in [-0.05, 0) is 70.9 Å². The van der Waals surface area contributed by atoms with E-state index >= 15 is 0 Å². The molecule has 0 aromatic heterocycles. The van der Waals surface area contributed by atoms with Gasteiger partial charge in [0.2, 0.25) is 0 Å². The van der Waals surface area contributed by atoms with Crippen molar-refractivity contribution in [1.29, 1.82) is 0 Å². The van der Waals surface area contributed by atoms with Crippen molar-refractivity contribution in [2.45, 2.75) is 92.9 Å². The summed E-state index contributed by atoms with van der Waals surface area (Å²) in [6.07, 6.45) is 0. The van der Waals surface area contributed by atoms with Gasteiger partial charge in [-0.1, -0.05) is 91.8 Å². The SMILES string of the molecule is Cc1c(C(C)C)cccc1C(C)C.Cc1ccc(C(C)C)cc1C(C)C. The molecular formula is C26H40. The van der Waals surface area contributed by atoms with Gasteiger partial charge in [0.05, 0.1) is 0 Å². The van der Waals surface area contributed by atoms with Crippen molar-refractivity contribution in [3.05, 3.63) is 69.8 Å². The Morgan fingerprint density at radius 1 is 0.538 bits per heavy atom. The summed E-state index contributed by atoms with van der Waals surface area (Å²) in [5.41, 5.74) is 8.82. The molecule has 0 aliphatic rings. The minimum absolute atomic E-state index is 0.637. The first kappa shape index (κ1) is 22.5. The molecule has 0 unspecified atom stereocenters. The lowest BCUT2D eigenvalue weighted by Gasteiger charge is -2.16. The molecule has 0 spiro atoms. The van der Waals surface area contributed by atoms with Gasteiger partial charge >= 0.3 is 0 Å². The molecular weight excluding hydrogens is 312 g/mol. The fourth-order valence-electron chi connectivity index (χ4n) is 3.56. The van der Waals surface area contributed by atoms with E-state index in [1.807, 2.05) is 0 Å². The molecule has 2 rings (SSSR count). The fraction of sp³-hybridized carbons (Fsp3) is 0.538. The summed E-state index contributed by atoms with van der Waals surface area (Å²) in [6.45, 7) is 22.5. The van der Waals surface area contributed by atoms with Crippen molar-refractivity contribution in [1.82, 2.24) is 0 Å². The molecule has 0 aliphatic heterocycles. The topological polar surface area (TPSA) is 0 Å². The van der Waals surface area contributed by atoms with Crippen molar-refractivity contribution in [3.8, 4) is 0 Å². The molecule has 0 fully saturated rings. The number of hydrogen-bond donors (Lipinski definition) is 0. The Hall–Kier alpha value is -1.56. The van der Waals surface area contributed by atoms with Crippen molar-refractivity contribution in [2.75, 3.05) is 0 Å². The van der Waals surface area contributed by atoms with Crippen LogP contribution in [-0.2, 0) is 0 Å². The number of benzene rings is 2. The normalized spacial score (nSPS) is 11.3. The summed E-state index contributed by atoms with van der Waals surface area (Å²) >= 11 is 0. The fourth-order valence-corrected chi connectivity index (χ4v) is 3.56.